The first-order valence-electron chi connectivity index (χ1n) is 5.56. The van der Waals surface area contributed by atoms with E-state index in [0.29, 0.717) is 6.61 Å². The van der Waals surface area contributed by atoms with Crippen molar-refractivity contribution >= 4 is 0 Å². The highest BCUT2D eigenvalue weighted by Crippen LogP contribution is 2.31. The molecule has 94 valence electrons. The molecule has 0 saturated carbocycles. The molecule has 0 amide bonds. The van der Waals surface area contributed by atoms with Gasteiger partial charge < -0.3 is 24.4 Å². The molecule has 6 nitrogen and oxygen atoms in total. The van der Waals surface area contributed by atoms with E-state index < -0.39 is 18.4 Å². The van der Waals surface area contributed by atoms with Crippen LogP contribution in [-0.4, -0.2) is 61.3 Å². The van der Waals surface area contributed by atoms with Crippen LogP contribution in [-0.2, 0) is 14.2 Å². The molecule has 0 aliphatic carbocycles. The molecule has 0 aromatic carbocycles. The Morgan fingerprint density at radius 2 is 2.00 bits per heavy atom. The molecule has 6 heteroatoms. The number of ether oxygens (including phenoxy) is 3. The van der Waals surface area contributed by atoms with Gasteiger partial charge in [-0.25, -0.2) is 0 Å². The maximum atomic E-state index is 10.1. The molecular weight excluding hydrogens is 214 g/mol. The smallest absolute Gasteiger partial charge is 0.155 e. The summed E-state index contributed by atoms with van der Waals surface area (Å²) >= 11 is 0. The molecule has 0 spiro atoms. The Hall–Kier alpha value is -0.240. The van der Waals surface area contributed by atoms with Crippen LogP contribution in [0.5, 0.6) is 0 Å². The summed E-state index contributed by atoms with van der Waals surface area (Å²) in [4.78, 5) is 0. The Kier molecular flexibility index (Phi) is 3.78. The molecule has 0 radical (unpaired) electrons. The second-order valence-electron chi connectivity index (χ2n) is 4.24. The van der Waals surface area contributed by atoms with Gasteiger partial charge >= 0.3 is 0 Å². The summed E-state index contributed by atoms with van der Waals surface area (Å²) in [6, 6.07) is 0. The first-order chi connectivity index (χ1) is 7.67. The van der Waals surface area contributed by atoms with Crippen LogP contribution in [0.25, 0.3) is 0 Å². The summed E-state index contributed by atoms with van der Waals surface area (Å²) in [7, 11) is 1.71. The van der Waals surface area contributed by atoms with Crippen LogP contribution in [0.4, 0.5) is 0 Å². The summed E-state index contributed by atoms with van der Waals surface area (Å²) in [5.74, 6) is -0.164. The third kappa shape index (κ3) is 2.09. The highest BCUT2D eigenvalue weighted by Gasteiger charge is 2.48. The Morgan fingerprint density at radius 1 is 1.31 bits per heavy atom. The summed E-state index contributed by atoms with van der Waals surface area (Å²) < 4.78 is 16.5. The fourth-order valence-corrected chi connectivity index (χ4v) is 2.29. The molecule has 0 aromatic rings. The first-order valence-corrected chi connectivity index (χ1v) is 5.56. The fourth-order valence-electron chi connectivity index (χ4n) is 2.29. The molecule has 2 heterocycles. The van der Waals surface area contributed by atoms with E-state index in [9.17, 15) is 10.2 Å². The maximum absolute atomic E-state index is 10.1. The zero-order valence-corrected chi connectivity index (χ0v) is 9.50. The van der Waals surface area contributed by atoms with Crippen LogP contribution in [0, 0.1) is 5.92 Å². The van der Waals surface area contributed by atoms with Crippen LogP contribution in [0.15, 0.2) is 0 Å². The number of likely N-dealkylation sites (N-methyl/N-ethyl adjacent to an activating group) is 1. The molecule has 2 aliphatic heterocycles. The summed E-state index contributed by atoms with van der Waals surface area (Å²) in [6.07, 6.45) is -2.40. The number of hydrogen-bond donors (Lipinski definition) is 3. The van der Waals surface area contributed by atoms with Crippen LogP contribution in [0.1, 0.15) is 6.92 Å². The van der Waals surface area contributed by atoms with Crippen molar-refractivity contribution in [2.24, 2.45) is 5.92 Å². The van der Waals surface area contributed by atoms with E-state index in [4.69, 9.17) is 14.2 Å². The molecular formula is C10H19NO5. The summed E-state index contributed by atoms with van der Waals surface area (Å²) in [5.41, 5.74) is 0. The molecule has 6 atom stereocenters. The Bertz CT molecular complexity index is 239. The SMILES string of the molecule is CN[C@@H]1OCC(CO)[C@H]2OC(C)OC2[C@@H]1O. The molecule has 2 fully saturated rings. The van der Waals surface area contributed by atoms with Gasteiger partial charge in [0.2, 0.25) is 0 Å². The molecule has 2 saturated heterocycles. The second kappa shape index (κ2) is 4.95. The number of hydrogen-bond acceptors (Lipinski definition) is 6. The number of nitrogens with one attached hydrogen (secondary N) is 1. The van der Waals surface area contributed by atoms with Crippen molar-refractivity contribution in [3.05, 3.63) is 0 Å². The van der Waals surface area contributed by atoms with Gasteiger partial charge in [-0.2, -0.15) is 0 Å². The van der Waals surface area contributed by atoms with Gasteiger partial charge in [0.05, 0.1) is 19.3 Å². The van der Waals surface area contributed by atoms with Gasteiger partial charge in [0.1, 0.15) is 18.4 Å². The minimum atomic E-state index is -0.795. The normalized spacial score (nSPS) is 48.8. The second-order valence-corrected chi connectivity index (χ2v) is 4.24. The van der Waals surface area contributed by atoms with E-state index in [1.54, 1.807) is 14.0 Å². The van der Waals surface area contributed by atoms with E-state index in [-0.39, 0.29) is 24.9 Å². The minimum absolute atomic E-state index is 0.0413. The highest BCUT2D eigenvalue weighted by molar-refractivity contribution is 4.92. The van der Waals surface area contributed by atoms with Crippen molar-refractivity contribution in [3.8, 4) is 0 Å². The lowest BCUT2D eigenvalue weighted by Gasteiger charge is -2.24. The standard InChI is InChI=1S/C10H19NO5/c1-5-15-8-6(3-12)4-14-10(11-2)7(13)9(8)16-5/h5-13H,3-4H2,1-2H3/t5?,6?,7-,8+,9?,10+/m0/s1. The van der Waals surface area contributed by atoms with Crippen LogP contribution in [0.2, 0.25) is 0 Å². The monoisotopic (exact) mass is 233 g/mol. The molecule has 3 unspecified atom stereocenters. The predicted molar refractivity (Wildman–Crippen MR) is 54.6 cm³/mol. The van der Waals surface area contributed by atoms with E-state index >= 15 is 0 Å². The van der Waals surface area contributed by atoms with Gasteiger partial charge in [-0.05, 0) is 14.0 Å². The van der Waals surface area contributed by atoms with E-state index in [0.717, 1.165) is 0 Å². The lowest BCUT2D eigenvalue weighted by atomic mass is 9.97. The fraction of sp³-hybridized carbons (Fsp3) is 1.00. The number of aliphatic hydroxyl groups is 2. The maximum Gasteiger partial charge on any atom is 0.155 e. The molecule has 3 N–H and O–H groups in total. The van der Waals surface area contributed by atoms with Crippen molar-refractivity contribution in [2.75, 3.05) is 20.3 Å². The van der Waals surface area contributed by atoms with Gasteiger partial charge in [-0.15, -0.1) is 0 Å². The van der Waals surface area contributed by atoms with E-state index in [1.165, 1.54) is 0 Å². The summed E-state index contributed by atoms with van der Waals surface area (Å²) in [6.45, 7) is 2.09. The largest absolute Gasteiger partial charge is 0.396 e. The van der Waals surface area contributed by atoms with Crippen molar-refractivity contribution < 1.29 is 24.4 Å². The van der Waals surface area contributed by atoms with Crippen LogP contribution >= 0.6 is 0 Å². The zero-order chi connectivity index (χ0) is 11.7. The Morgan fingerprint density at radius 3 is 2.62 bits per heavy atom. The van der Waals surface area contributed by atoms with Gasteiger partial charge in [-0.1, -0.05) is 0 Å². The van der Waals surface area contributed by atoms with Crippen LogP contribution < -0.4 is 5.32 Å². The third-order valence-electron chi connectivity index (χ3n) is 3.14. The van der Waals surface area contributed by atoms with Gasteiger partial charge in [0.15, 0.2) is 6.29 Å². The predicted octanol–water partition coefficient (Wildman–Crippen LogP) is -1.34. The molecule has 0 aromatic heterocycles. The number of rotatable bonds is 2. The van der Waals surface area contributed by atoms with Crippen molar-refractivity contribution in [3.63, 3.8) is 0 Å². The van der Waals surface area contributed by atoms with Crippen molar-refractivity contribution in [1.29, 1.82) is 0 Å². The molecule has 0 bridgehead atoms. The number of aliphatic hydroxyl groups excluding tert-OH is 2. The van der Waals surface area contributed by atoms with E-state index in [1.807, 2.05) is 0 Å². The lowest BCUT2D eigenvalue weighted by molar-refractivity contribution is -0.123. The number of fused-ring (bicyclic) bond motifs is 1. The Balaban J connectivity index is 2.16. The van der Waals surface area contributed by atoms with Gasteiger partial charge in [0.25, 0.3) is 0 Å². The topological polar surface area (TPSA) is 80.2 Å². The minimum Gasteiger partial charge on any atom is -0.396 e. The molecule has 16 heavy (non-hydrogen) atoms. The average Bonchev–Trinajstić information content (AvgIpc) is 2.61. The van der Waals surface area contributed by atoms with Gasteiger partial charge in [-0.3, -0.25) is 5.32 Å². The highest BCUT2D eigenvalue weighted by atomic mass is 16.7. The first kappa shape index (κ1) is 12.2. The Labute approximate surface area is 94.5 Å². The van der Waals surface area contributed by atoms with Gasteiger partial charge in [0, 0.05) is 5.92 Å². The summed E-state index contributed by atoms with van der Waals surface area (Å²) in [5, 5.41) is 22.2. The van der Waals surface area contributed by atoms with E-state index in [2.05, 4.69) is 5.32 Å². The van der Waals surface area contributed by atoms with Crippen molar-refractivity contribution in [1.82, 2.24) is 5.32 Å². The lowest BCUT2D eigenvalue weighted by Crippen LogP contribution is -2.48. The van der Waals surface area contributed by atoms with Crippen molar-refractivity contribution in [2.45, 2.75) is 37.8 Å². The molecule has 2 aliphatic rings. The zero-order valence-electron chi connectivity index (χ0n) is 9.50. The molecule has 2 rings (SSSR count). The average molecular weight is 233 g/mol. The third-order valence-corrected chi connectivity index (χ3v) is 3.14. The van der Waals surface area contributed by atoms with Crippen LogP contribution in [0.3, 0.4) is 0 Å². The quantitative estimate of drug-likeness (QED) is 0.548.